The van der Waals surface area contributed by atoms with Crippen LogP contribution < -0.4 is 0 Å². The number of aliphatic hydroxyl groups excluding tert-OH is 1. The van der Waals surface area contributed by atoms with E-state index in [2.05, 4.69) is 6.92 Å². The highest BCUT2D eigenvalue weighted by molar-refractivity contribution is 6.31. The summed E-state index contributed by atoms with van der Waals surface area (Å²) in [5.74, 6) is 0.249. The first-order valence-electron chi connectivity index (χ1n) is 7.30. The summed E-state index contributed by atoms with van der Waals surface area (Å²) in [5, 5.41) is 19.7. The van der Waals surface area contributed by atoms with E-state index in [0.29, 0.717) is 10.6 Å². The number of aromatic hydroxyl groups is 1. The van der Waals surface area contributed by atoms with Gasteiger partial charge in [-0.05, 0) is 25.0 Å². The largest absolute Gasteiger partial charge is 0.508 e. The predicted octanol–water partition coefficient (Wildman–Crippen LogP) is 4.83. The Kier molecular flexibility index (Phi) is 7.92. The van der Waals surface area contributed by atoms with E-state index in [4.69, 9.17) is 11.6 Å². The first-order valence-corrected chi connectivity index (χ1v) is 7.68. The van der Waals surface area contributed by atoms with E-state index in [1.165, 1.54) is 38.5 Å². The Hall–Kier alpha value is -0.730. The van der Waals surface area contributed by atoms with Crippen LogP contribution in [0.2, 0.25) is 5.02 Å². The van der Waals surface area contributed by atoms with Crippen LogP contribution in [-0.2, 0) is 13.0 Å². The van der Waals surface area contributed by atoms with Crippen LogP contribution in [0.1, 0.15) is 63.0 Å². The second-order valence-electron chi connectivity index (χ2n) is 5.05. The Morgan fingerprint density at radius 3 is 2.21 bits per heavy atom. The van der Waals surface area contributed by atoms with Crippen molar-refractivity contribution in [3.63, 3.8) is 0 Å². The number of rotatable bonds is 9. The molecule has 3 heteroatoms. The molecule has 0 radical (unpaired) electrons. The topological polar surface area (TPSA) is 40.5 Å². The van der Waals surface area contributed by atoms with E-state index in [1.807, 2.05) is 0 Å². The van der Waals surface area contributed by atoms with Gasteiger partial charge in [-0.15, -0.1) is 0 Å². The van der Waals surface area contributed by atoms with Gasteiger partial charge >= 0.3 is 0 Å². The fourth-order valence-electron chi connectivity index (χ4n) is 2.36. The highest BCUT2D eigenvalue weighted by Gasteiger charge is 2.10. The van der Waals surface area contributed by atoms with E-state index >= 15 is 0 Å². The second-order valence-corrected chi connectivity index (χ2v) is 5.46. The Morgan fingerprint density at radius 1 is 0.947 bits per heavy atom. The molecule has 0 fully saturated rings. The van der Waals surface area contributed by atoms with Crippen molar-refractivity contribution in [3.8, 4) is 5.75 Å². The maximum atomic E-state index is 9.85. The molecule has 0 aromatic heterocycles. The lowest BCUT2D eigenvalue weighted by molar-refractivity contribution is 0.279. The van der Waals surface area contributed by atoms with Gasteiger partial charge in [-0.2, -0.15) is 0 Å². The van der Waals surface area contributed by atoms with Crippen LogP contribution in [0, 0.1) is 0 Å². The number of phenols is 1. The van der Waals surface area contributed by atoms with Crippen LogP contribution in [0.25, 0.3) is 0 Å². The van der Waals surface area contributed by atoms with Crippen LogP contribution in [0.5, 0.6) is 5.75 Å². The van der Waals surface area contributed by atoms with Gasteiger partial charge in [-0.25, -0.2) is 0 Å². The Balaban J connectivity index is 2.38. The minimum absolute atomic E-state index is 0.112. The van der Waals surface area contributed by atoms with Gasteiger partial charge in [0, 0.05) is 16.1 Å². The summed E-state index contributed by atoms with van der Waals surface area (Å²) in [7, 11) is 0. The lowest BCUT2D eigenvalue weighted by Crippen LogP contribution is -1.97. The first-order chi connectivity index (χ1) is 9.20. The quantitative estimate of drug-likeness (QED) is 0.638. The summed E-state index contributed by atoms with van der Waals surface area (Å²) in [5.41, 5.74) is 1.48. The van der Waals surface area contributed by atoms with Gasteiger partial charge < -0.3 is 10.2 Å². The van der Waals surface area contributed by atoms with Gasteiger partial charge in [0.25, 0.3) is 0 Å². The van der Waals surface area contributed by atoms with E-state index in [1.54, 1.807) is 12.1 Å². The highest BCUT2D eigenvalue weighted by atomic mass is 35.5. The summed E-state index contributed by atoms with van der Waals surface area (Å²) >= 11 is 6.03. The zero-order chi connectivity index (χ0) is 14.1. The average Bonchev–Trinajstić information content (AvgIpc) is 2.41. The molecule has 1 aromatic rings. The van der Waals surface area contributed by atoms with E-state index in [9.17, 15) is 10.2 Å². The van der Waals surface area contributed by atoms with Gasteiger partial charge in [-0.1, -0.05) is 57.0 Å². The number of unbranched alkanes of at least 4 members (excludes halogenated alkanes) is 6. The average molecular weight is 285 g/mol. The molecule has 2 nitrogen and oxygen atoms in total. The van der Waals surface area contributed by atoms with Crippen molar-refractivity contribution in [3.05, 3.63) is 28.3 Å². The summed E-state index contributed by atoms with van der Waals surface area (Å²) in [4.78, 5) is 0. The third-order valence-electron chi connectivity index (χ3n) is 3.54. The minimum atomic E-state index is -0.112. The number of hydrogen-bond donors (Lipinski definition) is 2. The van der Waals surface area contributed by atoms with Crippen LogP contribution in [0.3, 0.4) is 0 Å². The van der Waals surface area contributed by atoms with Crippen LogP contribution in [0.15, 0.2) is 12.1 Å². The van der Waals surface area contributed by atoms with Gasteiger partial charge in [0.05, 0.1) is 6.61 Å². The number of hydrogen-bond acceptors (Lipinski definition) is 2. The number of benzene rings is 1. The molecule has 19 heavy (non-hydrogen) atoms. The molecule has 0 saturated heterocycles. The molecule has 0 aliphatic rings. The normalized spacial score (nSPS) is 10.9. The molecule has 0 unspecified atom stereocenters. The molecule has 108 valence electrons. The molecule has 0 amide bonds. The van der Waals surface area contributed by atoms with Gasteiger partial charge in [0.2, 0.25) is 0 Å². The Labute approximate surface area is 121 Å². The molecule has 0 aliphatic heterocycles. The van der Waals surface area contributed by atoms with Crippen LogP contribution in [0.4, 0.5) is 0 Å². The number of phenolic OH excluding ortho intramolecular Hbond substituents is 1. The van der Waals surface area contributed by atoms with Crippen molar-refractivity contribution in [2.75, 3.05) is 0 Å². The Bertz CT molecular complexity index is 377. The van der Waals surface area contributed by atoms with E-state index in [-0.39, 0.29) is 12.4 Å². The molecule has 2 N–H and O–H groups in total. The van der Waals surface area contributed by atoms with Crippen molar-refractivity contribution in [2.24, 2.45) is 0 Å². The van der Waals surface area contributed by atoms with E-state index in [0.717, 1.165) is 18.4 Å². The molecule has 0 atom stereocenters. The molecule has 0 bridgehead atoms. The molecular weight excluding hydrogens is 260 g/mol. The molecule has 0 aliphatic carbocycles. The van der Waals surface area contributed by atoms with Crippen molar-refractivity contribution in [1.29, 1.82) is 0 Å². The predicted molar refractivity (Wildman–Crippen MR) is 80.7 cm³/mol. The smallest absolute Gasteiger partial charge is 0.119 e. The van der Waals surface area contributed by atoms with Crippen LogP contribution >= 0.6 is 11.6 Å². The van der Waals surface area contributed by atoms with Gasteiger partial charge in [0.1, 0.15) is 5.75 Å². The minimum Gasteiger partial charge on any atom is -0.508 e. The lowest BCUT2D eigenvalue weighted by atomic mass is 9.99. The SMILES string of the molecule is CCCCCCCCCc1c(O)ccc(Cl)c1CO. The van der Waals surface area contributed by atoms with E-state index < -0.39 is 0 Å². The zero-order valence-corrected chi connectivity index (χ0v) is 12.5. The molecule has 0 spiro atoms. The number of aliphatic hydroxyl groups is 1. The fraction of sp³-hybridized carbons (Fsp3) is 0.625. The number of halogens is 1. The molecule has 1 rings (SSSR count). The molecule has 1 aromatic carbocycles. The highest BCUT2D eigenvalue weighted by Crippen LogP contribution is 2.29. The zero-order valence-electron chi connectivity index (χ0n) is 11.8. The second kappa shape index (κ2) is 9.22. The van der Waals surface area contributed by atoms with Gasteiger partial charge in [0.15, 0.2) is 0 Å². The maximum absolute atomic E-state index is 9.85. The first kappa shape index (κ1) is 16.3. The standard InChI is InChI=1S/C16H25ClO2/c1-2-3-4-5-6-7-8-9-13-14(12-18)15(17)10-11-16(13)19/h10-11,18-19H,2-9,12H2,1H3. The summed E-state index contributed by atoms with van der Waals surface area (Å²) in [6.45, 7) is 2.11. The third kappa shape index (κ3) is 5.42. The van der Waals surface area contributed by atoms with Gasteiger partial charge in [-0.3, -0.25) is 0 Å². The Morgan fingerprint density at radius 2 is 1.58 bits per heavy atom. The summed E-state index contributed by atoms with van der Waals surface area (Å²) in [6.07, 6.45) is 9.45. The fourth-order valence-corrected chi connectivity index (χ4v) is 2.60. The van der Waals surface area contributed by atoms with Crippen molar-refractivity contribution in [1.82, 2.24) is 0 Å². The molecule has 0 heterocycles. The summed E-state index contributed by atoms with van der Waals surface area (Å²) in [6, 6.07) is 3.24. The molecule has 0 saturated carbocycles. The van der Waals surface area contributed by atoms with Crippen LogP contribution in [-0.4, -0.2) is 10.2 Å². The van der Waals surface area contributed by atoms with Crippen molar-refractivity contribution < 1.29 is 10.2 Å². The monoisotopic (exact) mass is 284 g/mol. The maximum Gasteiger partial charge on any atom is 0.119 e. The summed E-state index contributed by atoms with van der Waals surface area (Å²) < 4.78 is 0. The van der Waals surface area contributed by atoms with Crippen molar-refractivity contribution >= 4 is 11.6 Å². The third-order valence-corrected chi connectivity index (χ3v) is 3.89. The lowest BCUT2D eigenvalue weighted by Gasteiger charge is -2.11. The molecular formula is C16H25ClO2. The van der Waals surface area contributed by atoms with Crippen molar-refractivity contribution in [2.45, 2.75) is 64.9 Å².